The number of hydrogen-bond acceptors (Lipinski definition) is 4. The van der Waals surface area contributed by atoms with E-state index < -0.39 is 0 Å². The average molecular weight is 224 g/mol. The lowest BCUT2D eigenvalue weighted by Crippen LogP contribution is -2.14. The Balaban J connectivity index is 2.87. The van der Waals surface area contributed by atoms with Gasteiger partial charge >= 0.3 is 5.97 Å². The van der Waals surface area contributed by atoms with Gasteiger partial charge in [0.05, 0.1) is 20.1 Å². The van der Waals surface area contributed by atoms with Crippen molar-refractivity contribution in [3.05, 3.63) is 18.2 Å². The molecule has 0 aliphatic rings. The van der Waals surface area contributed by atoms with Crippen molar-refractivity contribution in [1.29, 1.82) is 0 Å². The number of esters is 1. The molecule has 1 aromatic rings. The molecule has 16 heavy (non-hydrogen) atoms. The Kier molecular flexibility index (Phi) is 4.17. The summed E-state index contributed by atoms with van der Waals surface area (Å²) < 4.78 is 15.3. The fourth-order valence-corrected chi connectivity index (χ4v) is 1.11. The molecule has 0 aliphatic carbocycles. The zero-order valence-corrected chi connectivity index (χ0v) is 9.94. The summed E-state index contributed by atoms with van der Waals surface area (Å²) in [7, 11) is 3.09. The Labute approximate surface area is 95.1 Å². The van der Waals surface area contributed by atoms with Gasteiger partial charge in [-0.05, 0) is 12.1 Å². The van der Waals surface area contributed by atoms with Gasteiger partial charge in [-0.25, -0.2) is 0 Å². The summed E-state index contributed by atoms with van der Waals surface area (Å²) in [5.41, 5.74) is 0. The van der Waals surface area contributed by atoms with Crippen molar-refractivity contribution in [3.63, 3.8) is 0 Å². The fourth-order valence-electron chi connectivity index (χ4n) is 1.11. The van der Waals surface area contributed by atoms with Crippen molar-refractivity contribution in [3.8, 4) is 17.2 Å². The van der Waals surface area contributed by atoms with Gasteiger partial charge in [-0.1, -0.05) is 13.8 Å². The van der Waals surface area contributed by atoms with E-state index >= 15 is 0 Å². The van der Waals surface area contributed by atoms with Gasteiger partial charge in [-0.15, -0.1) is 0 Å². The largest absolute Gasteiger partial charge is 0.493 e. The first-order valence-electron chi connectivity index (χ1n) is 5.02. The van der Waals surface area contributed by atoms with Crippen LogP contribution in [0.2, 0.25) is 0 Å². The van der Waals surface area contributed by atoms with Crippen LogP contribution >= 0.6 is 0 Å². The molecule has 0 saturated carbocycles. The second-order valence-electron chi connectivity index (χ2n) is 3.59. The van der Waals surface area contributed by atoms with Crippen molar-refractivity contribution in [1.82, 2.24) is 0 Å². The zero-order valence-electron chi connectivity index (χ0n) is 9.94. The molecule has 0 unspecified atom stereocenters. The third-order valence-corrected chi connectivity index (χ3v) is 2.04. The van der Waals surface area contributed by atoms with Crippen molar-refractivity contribution in [2.75, 3.05) is 14.2 Å². The molecule has 0 radical (unpaired) electrons. The van der Waals surface area contributed by atoms with Crippen molar-refractivity contribution in [2.24, 2.45) is 5.92 Å². The second-order valence-corrected chi connectivity index (χ2v) is 3.59. The van der Waals surface area contributed by atoms with Crippen LogP contribution in [0, 0.1) is 5.92 Å². The molecule has 0 bridgehead atoms. The number of carbonyl (C=O) groups is 1. The molecule has 0 atom stereocenters. The van der Waals surface area contributed by atoms with E-state index in [-0.39, 0.29) is 11.9 Å². The summed E-state index contributed by atoms with van der Waals surface area (Å²) in [4.78, 5) is 11.4. The highest BCUT2D eigenvalue weighted by atomic mass is 16.5. The second kappa shape index (κ2) is 5.39. The SMILES string of the molecule is COc1ccc(OC(=O)C(C)C)cc1OC. The highest BCUT2D eigenvalue weighted by Gasteiger charge is 2.11. The average Bonchev–Trinajstić information content (AvgIpc) is 2.28. The predicted octanol–water partition coefficient (Wildman–Crippen LogP) is 2.27. The third-order valence-electron chi connectivity index (χ3n) is 2.04. The predicted molar refractivity (Wildman–Crippen MR) is 60.0 cm³/mol. The van der Waals surface area contributed by atoms with E-state index in [4.69, 9.17) is 14.2 Å². The van der Waals surface area contributed by atoms with Crippen LogP contribution in [0.1, 0.15) is 13.8 Å². The quantitative estimate of drug-likeness (QED) is 0.581. The molecule has 0 N–H and O–H groups in total. The van der Waals surface area contributed by atoms with Crippen LogP contribution in [0.3, 0.4) is 0 Å². The molecule has 4 heteroatoms. The summed E-state index contributed by atoms with van der Waals surface area (Å²) >= 11 is 0. The lowest BCUT2D eigenvalue weighted by Gasteiger charge is -2.10. The normalized spacial score (nSPS) is 10.1. The third kappa shape index (κ3) is 2.89. The van der Waals surface area contributed by atoms with Crippen LogP contribution in [0.25, 0.3) is 0 Å². The molecule has 0 saturated heterocycles. The van der Waals surface area contributed by atoms with Crippen LogP contribution in [-0.2, 0) is 4.79 Å². The van der Waals surface area contributed by atoms with Gasteiger partial charge in [0.25, 0.3) is 0 Å². The standard InChI is InChI=1S/C12H16O4/c1-8(2)12(13)16-9-5-6-10(14-3)11(7-9)15-4/h5-8H,1-4H3. The minimum absolute atomic E-state index is 0.159. The Morgan fingerprint density at radius 3 is 2.25 bits per heavy atom. The van der Waals surface area contributed by atoms with Gasteiger partial charge in [0.1, 0.15) is 5.75 Å². The number of methoxy groups -OCH3 is 2. The number of benzene rings is 1. The van der Waals surface area contributed by atoms with Gasteiger partial charge in [0.15, 0.2) is 11.5 Å². The number of carbonyl (C=O) groups excluding carboxylic acids is 1. The number of rotatable bonds is 4. The van der Waals surface area contributed by atoms with Crippen molar-refractivity contribution < 1.29 is 19.0 Å². The molecule has 0 spiro atoms. The highest BCUT2D eigenvalue weighted by molar-refractivity contribution is 5.74. The smallest absolute Gasteiger partial charge is 0.313 e. The number of ether oxygens (including phenoxy) is 3. The summed E-state index contributed by atoms with van der Waals surface area (Å²) in [6, 6.07) is 4.99. The summed E-state index contributed by atoms with van der Waals surface area (Å²) in [5, 5.41) is 0. The number of hydrogen-bond donors (Lipinski definition) is 0. The lowest BCUT2D eigenvalue weighted by atomic mass is 10.2. The van der Waals surface area contributed by atoms with Crippen LogP contribution in [0.5, 0.6) is 17.2 Å². The van der Waals surface area contributed by atoms with Gasteiger partial charge in [-0.2, -0.15) is 0 Å². The Hall–Kier alpha value is -1.71. The maximum absolute atomic E-state index is 11.4. The van der Waals surface area contributed by atoms with Crippen LogP contribution in [0.15, 0.2) is 18.2 Å². The lowest BCUT2D eigenvalue weighted by molar-refractivity contribution is -0.137. The highest BCUT2D eigenvalue weighted by Crippen LogP contribution is 2.31. The maximum Gasteiger partial charge on any atom is 0.313 e. The minimum atomic E-state index is -0.271. The molecule has 1 aromatic carbocycles. The summed E-state index contributed by atoms with van der Waals surface area (Å²) in [6.45, 7) is 3.56. The first-order chi connectivity index (χ1) is 7.58. The molecule has 0 fully saturated rings. The van der Waals surface area contributed by atoms with E-state index in [0.29, 0.717) is 17.2 Å². The summed E-state index contributed by atoms with van der Waals surface area (Å²) in [5.74, 6) is 1.17. The molecule has 88 valence electrons. The van der Waals surface area contributed by atoms with Crippen LogP contribution < -0.4 is 14.2 Å². The molecule has 0 amide bonds. The molecule has 1 rings (SSSR count). The fraction of sp³-hybridized carbons (Fsp3) is 0.417. The first kappa shape index (κ1) is 12.4. The molecule has 0 heterocycles. The first-order valence-corrected chi connectivity index (χ1v) is 5.02. The Morgan fingerprint density at radius 2 is 1.75 bits per heavy atom. The molecule has 0 aliphatic heterocycles. The van der Waals surface area contributed by atoms with E-state index in [1.807, 2.05) is 0 Å². The maximum atomic E-state index is 11.4. The van der Waals surface area contributed by atoms with Gasteiger partial charge in [0, 0.05) is 6.07 Å². The van der Waals surface area contributed by atoms with E-state index in [0.717, 1.165) is 0 Å². The molecular weight excluding hydrogens is 208 g/mol. The zero-order chi connectivity index (χ0) is 12.1. The Morgan fingerprint density at radius 1 is 1.12 bits per heavy atom. The van der Waals surface area contributed by atoms with Gasteiger partial charge in [-0.3, -0.25) is 4.79 Å². The van der Waals surface area contributed by atoms with E-state index in [1.54, 1.807) is 39.2 Å². The van der Waals surface area contributed by atoms with Crippen molar-refractivity contribution in [2.45, 2.75) is 13.8 Å². The summed E-state index contributed by atoms with van der Waals surface area (Å²) in [6.07, 6.45) is 0. The molecule has 4 nitrogen and oxygen atoms in total. The van der Waals surface area contributed by atoms with E-state index in [1.165, 1.54) is 7.11 Å². The van der Waals surface area contributed by atoms with Gasteiger partial charge < -0.3 is 14.2 Å². The monoisotopic (exact) mass is 224 g/mol. The minimum Gasteiger partial charge on any atom is -0.493 e. The van der Waals surface area contributed by atoms with Crippen molar-refractivity contribution >= 4 is 5.97 Å². The van der Waals surface area contributed by atoms with Crippen LogP contribution in [0.4, 0.5) is 0 Å². The van der Waals surface area contributed by atoms with E-state index in [9.17, 15) is 4.79 Å². The molecular formula is C12H16O4. The van der Waals surface area contributed by atoms with Gasteiger partial charge in [0.2, 0.25) is 0 Å². The molecule has 0 aromatic heterocycles. The van der Waals surface area contributed by atoms with Crippen LogP contribution in [-0.4, -0.2) is 20.2 Å². The Bertz CT molecular complexity index is 371. The van der Waals surface area contributed by atoms with E-state index in [2.05, 4.69) is 0 Å². The topological polar surface area (TPSA) is 44.8 Å².